The van der Waals surface area contributed by atoms with Crippen LogP contribution in [0, 0.1) is 23.7 Å². The number of nitrogens with one attached hydrogen (secondary N) is 1. The Morgan fingerprint density at radius 1 is 1.17 bits per heavy atom. The third-order valence-corrected chi connectivity index (χ3v) is 5.28. The van der Waals surface area contributed by atoms with Crippen LogP contribution in [-0.2, 0) is 0 Å². The molecule has 2 nitrogen and oxygen atoms in total. The quantitative estimate of drug-likeness (QED) is 0.806. The van der Waals surface area contributed by atoms with Crippen molar-refractivity contribution in [2.75, 3.05) is 6.54 Å². The number of hydrogen-bond acceptors (Lipinski definition) is 2. The van der Waals surface area contributed by atoms with Crippen LogP contribution in [0.5, 0.6) is 0 Å². The summed E-state index contributed by atoms with van der Waals surface area (Å²) in [6.45, 7) is 8.14. The molecule has 5 atom stereocenters. The Balaban J connectivity index is 1.84. The van der Waals surface area contributed by atoms with E-state index in [1.807, 2.05) is 0 Å². The molecular formula is C16H31NO. The molecule has 0 aromatic rings. The van der Waals surface area contributed by atoms with E-state index in [0.29, 0.717) is 12.0 Å². The molecule has 5 unspecified atom stereocenters. The largest absolute Gasteiger partial charge is 0.393 e. The van der Waals surface area contributed by atoms with Crippen LogP contribution in [0.2, 0.25) is 0 Å². The van der Waals surface area contributed by atoms with E-state index in [-0.39, 0.29) is 6.10 Å². The van der Waals surface area contributed by atoms with Crippen molar-refractivity contribution in [3.05, 3.63) is 0 Å². The van der Waals surface area contributed by atoms with E-state index in [1.165, 1.54) is 32.1 Å². The van der Waals surface area contributed by atoms with Crippen LogP contribution >= 0.6 is 0 Å². The first-order valence-electron chi connectivity index (χ1n) is 7.99. The molecule has 106 valence electrons. The molecule has 0 aliphatic heterocycles. The normalized spacial score (nSPS) is 41.5. The summed E-state index contributed by atoms with van der Waals surface area (Å²) in [5.41, 5.74) is 0. The lowest BCUT2D eigenvalue weighted by molar-refractivity contribution is 0.116. The van der Waals surface area contributed by atoms with E-state index in [4.69, 9.17) is 0 Å². The van der Waals surface area contributed by atoms with E-state index in [9.17, 15) is 5.11 Å². The van der Waals surface area contributed by atoms with Gasteiger partial charge in [0.2, 0.25) is 0 Å². The highest BCUT2D eigenvalue weighted by Crippen LogP contribution is 2.34. The fourth-order valence-electron chi connectivity index (χ4n) is 4.00. The fraction of sp³-hybridized carbons (Fsp3) is 1.00. The molecule has 2 aliphatic carbocycles. The summed E-state index contributed by atoms with van der Waals surface area (Å²) >= 11 is 0. The van der Waals surface area contributed by atoms with Crippen LogP contribution in [0.15, 0.2) is 0 Å². The summed E-state index contributed by atoms with van der Waals surface area (Å²) in [6.07, 6.45) is 7.49. The summed E-state index contributed by atoms with van der Waals surface area (Å²) in [7, 11) is 0. The lowest BCUT2D eigenvalue weighted by Crippen LogP contribution is -2.45. The molecule has 2 N–H and O–H groups in total. The summed E-state index contributed by atoms with van der Waals surface area (Å²) in [6, 6.07) is 0.682. The zero-order chi connectivity index (χ0) is 13.1. The van der Waals surface area contributed by atoms with E-state index in [0.717, 1.165) is 30.7 Å². The Morgan fingerprint density at radius 3 is 2.56 bits per heavy atom. The van der Waals surface area contributed by atoms with Gasteiger partial charge < -0.3 is 10.4 Å². The van der Waals surface area contributed by atoms with Gasteiger partial charge in [0.05, 0.1) is 6.10 Å². The highest BCUT2D eigenvalue weighted by atomic mass is 16.3. The lowest BCUT2D eigenvalue weighted by atomic mass is 9.74. The van der Waals surface area contributed by atoms with Gasteiger partial charge in [-0.3, -0.25) is 0 Å². The number of hydrogen-bond donors (Lipinski definition) is 2. The molecular weight excluding hydrogens is 222 g/mol. The van der Waals surface area contributed by atoms with Crippen molar-refractivity contribution in [1.29, 1.82) is 0 Å². The standard InChI is InChI=1S/C16H31NO/c1-11(2)14-8-7-12(3)9-15(14)17-10-13-5-4-6-16(13)18/h11-18H,4-10H2,1-3H3. The van der Waals surface area contributed by atoms with Gasteiger partial charge in [-0.05, 0) is 49.4 Å². The van der Waals surface area contributed by atoms with Gasteiger partial charge in [-0.2, -0.15) is 0 Å². The molecule has 2 saturated carbocycles. The van der Waals surface area contributed by atoms with Gasteiger partial charge in [-0.1, -0.05) is 33.6 Å². The Hall–Kier alpha value is -0.0800. The molecule has 18 heavy (non-hydrogen) atoms. The summed E-state index contributed by atoms with van der Waals surface area (Å²) in [5.74, 6) is 2.99. The van der Waals surface area contributed by atoms with Crippen molar-refractivity contribution in [2.24, 2.45) is 23.7 Å². The minimum atomic E-state index is -0.0454. The van der Waals surface area contributed by atoms with Crippen molar-refractivity contribution in [2.45, 2.75) is 71.4 Å². The zero-order valence-electron chi connectivity index (χ0n) is 12.4. The first-order valence-corrected chi connectivity index (χ1v) is 7.99. The van der Waals surface area contributed by atoms with E-state index >= 15 is 0 Å². The molecule has 0 aromatic carbocycles. The Kier molecular flexibility index (Phi) is 5.08. The van der Waals surface area contributed by atoms with Crippen molar-refractivity contribution in [3.63, 3.8) is 0 Å². The van der Waals surface area contributed by atoms with Gasteiger partial charge in [-0.25, -0.2) is 0 Å². The van der Waals surface area contributed by atoms with E-state index < -0.39 is 0 Å². The van der Waals surface area contributed by atoms with E-state index in [2.05, 4.69) is 26.1 Å². The minimum Gasteiger partial charge on any atom is -0.393 e. The summed E-state index contributed by atoms with van der Waals surface area (Å²) < 4.78 is 0. The third-order valence-electron chi connectivity index (χ3n) is 5.28. The number of rotatable bonds is 4. The summed E-state index contributed by atoms with van der Waals surface area (Å²) in [5, 5.41) is 13.7. The average molecular weight is 253 g/mol. The lowest BCUT2D eigenvalue weighted by Gasteiger charge is -2.38. The van der Waals surface area contributed by atoms with Crippen LogP contribution < -0.4 is 5.32 Å². The van der Waals surface area contributed by atoms with Crippen molar-refractivity contribution in [3.8, 4) is 0 Å². The number of aliphatic hydroxyl groups is 1. The molecule has 0 amide bonds. The molecule has 0 spiro atoms. The van der Waals surface area contributed by atoms with Crippen LogP contribution in [0.3, 0.4) is 0 Å². The predicted molar refractivity (Wildman–Crippen MR) is 76.5 cm³/mol. The van der Waals surface area contributed by atoms with Crippen LogP contribution in [0.25, 0.3) is 0 Å². The van der Waals surface area contributed by atoms with Gasteiger partial charge >= 0.3 is 0 Å². The van der Waals surface area contributed by atoms with Crippen LogP contribution in [0.4, 0.5) is 0 Å². The molecule has 2 heteroatoms. The molecule has 0 bridgehead atoms. The monoisotopic (exact) mass is 253 g/mol. The van der Waals surface area contributed by atoms with Crippen molar-refractivity contribution in [1.82, 2.24) is 5.32 Å². The fourth-order valence-corrected chi connectivity index (χ4v) is 4.00. The maximum atomic E-state index is 9.91. The van der Waals surface area contributed by atoms with Crippen molar-refractivity contribution >= 4 is 0 Å². The van der Waals surface area contributed by atoms with Gasteiger partial charge in [0.1, 0.15) is 0 Å². The molecule has 2 fully saturated rings. The SMILES string of the molecule is CC1CCC(C(C)C)C(NCC2CCCC2O)C1. The minimum absolute atomic E-state index is 0.0454. The van der Waals surface area contributed by atoms with Gasteiger partial charge in [-0.15, -0.1) is 0 Å². The zero-order valence-corrected chi connectivity index (χ0v) is 12.4. The predicted octanol–water partition coefficient (Wildman–Crippen LogP) is 3.20. The second-order valence-corrected chi connectivity index (χ2v) is 7.10. The summed E-state index contributed by atoms with van der Waals surface area (Å²) in [4.78, 5) is 0. The molecule has 0 aromatic heterocycles. The molecule has 0 saturated heterocycles. The Morgan fingerprint density at radius 2 is 1.94 bits per heavy atom. The Labute approximate surface area is 113 Å². The molecule has 0 radical (unpaired) electrons. The number of aliphatic hydroxyl groups excluding tert-OH is 1. The molecule has 2 rings (SSSR count). The van der Waals surface area contributed by atoms with Crippen molar-refractivity contribution < 1.29 is 5.11 Å². The molecule has 0 heterocycles. The molecule has 2 aliphatic rings. The average Bonchev–Trinajstić information content (AvgIpc) is 2.72. The van der Waals surface area contributed by atoms with Gasteiger partial charge in [0, 0.05) is 12.6 Å². The smallest absolute Gasteiger partial charge is 0.0580 e. The van der Waals surface area contributed by atoms with Gasteiger partial charge in [0.25, 0.3) is 0 Å². The first kappa shape index (κ1) is 14.3. The van der Waals surface area contributed by atoms with E-state index in [1.54, 1.807) is 0 Å². The first-order chi connectivity index (χ1) is 8.58. The second-order valence-electron chi connectivity index (χ2n) is 7.10. The topological polar surface area (TPSA) is 32.3 Å². The van der Waals surface area contributed by atoms with Gasteiger partial charge in [0.15, 0.2) is 0 Å². The highest BCUT2D eigenvalue weighted by Gasteiger charge is 2.32. The highest BCUT2D eigenvalue weighted by molar-refractivity contribution is 4.87. The second kappa shape index (κ2) is 6.38. The van der Waals surface area contributed by atoms with Crippen LogP contribution in [0.1, 0.15) is 59.3 Å². The van der Waals surface area contributed by atoms with Crippen LogP contribution in [-0.4, -0.2) is 23.8 Å². The third kappa shape index (κ3) is 3.48. The maximum Gasteiger partial charge on any atom is 0.0580 e. The Bertz CT molecular complexity index is 253. The maximum absolute atomic E-state index is 9.91.